The van der Waals surface area contributed by atoms with Gasteiger partial charge in [0, 0.05) is 0 Å². The minimum Gasteiger partial charge on any atom is -0.0850 e. The highest BCUT2D eigenvalue weighted by Crippen LogP contribution is 2.81. The third kappa shape index (κ3) is 0.681. The molecule has 6 unspecified atom stereocenters. The van der Waals surface area contributed by atoms with Crippen LogP contribution in [-0.2, 0) is 0 Å². The second kappa shape index (κ2) is 2.21. The van der Waals surface area contributed by atoms with E-state index in [-0.39, 0.29) is 0 Å². The van der Waals surface area contributed by atoms with Gasteiger partial charge in [0.25, 0.3) is 0 Å². The lowest BCUT2D eigenvalue weighted by atomic mass is 9.43. The van der Waals surface area contributed by atoms with Gasteiger partial charge in [-0.25, -0.2) is 0 Å². The zero-order valence-corrected chi connectivity index (χ0v) is 9.41. The molecule has 0 aromatic heterocycles. The molecular formula is C15H20. The van der Waals surface area contributed by atoms with E-state index in [2.05, 4.69) is 6.08 Å². The van der Waals surface area contributed by atoms with Crippen molar-refractivity contribution in [3.8, 4) is 0 Å². The molecule has 15 heavy (non-hydrogen) atoms. The Labute approximate surface area is 92.1 Å². The van der Waals surface area contributed by atoms with E-state index in [0.29, 0.717) is 0 Å². The van der Waals surface area contributed by atoms with Gasteiger partial charge in [0.15, 0.2) is 0 Å². The van der Waals surface area contributed by atoms with E-state index in [1.165, 1.54) is 42.9 Å². The molecule has 0 radical (unpaired) electrons. The third-order valence-electron chi connectivity index (χ3n) is 6.97. The van der Waals surface area contributed by atoms with Crippen molar-refractivity contribution < 1.29 is 0 Å². The van der Waals surface area contributed by atoms with E-state index in [9.17, 15) is 0 Å². The Morgan fingerprint density at radius 1 is 1.20 bits per heavy atom. The molecule has 0 aliphatic heterocycles. The highest BCUT2D eigenvalue weighted by molar-refractivity contribution is 5.27. The lowest BCUT2D eigenvalue weighted by Crippen LogP contribution is -2.56. The summed E-state index contributed by atoms with van der Waals surface area (Å²) in [6.45, 7) is 0. The Morgan fingerprint density at radius 3 is 3.00 bits per heavy atom. The van der Waals surface area contributed by atoms with Crippen LogP contribution in [0.4, 0.5) is 0 Å². The summed E-state index contributed by atoms with van der Waals surface area (Å²) in [5.74, 6) is 5.87. The molecule has 0 aromatic carbocycles. The molecule has 80 valence electrons. The summed E-state index contributed by atoms with van der Waals surface area (Å²) >= 11 is 0. The number of hydrogen-bond acceptors (Lipinski definition) is 0. The molecular weight excluding hydrogens is 180 g/mol. The zero-order chi connectivity index (χ0) is 9.62. The molecule has 7 aliphatic carbocycles. The molecule has 0 N–H and O–H groups in total. The van der Waals surface area contributed by atoms with E-state index in [1.54, 1.807) is 25.7 Å². The van der Waals surface area contributed by atoms with Crippen molar-refractivity contribution in [2.24, 2.45) is 35.0 Å². The molecule has 0 nitrogen and oxygen atoms in total. The van der Waals surface area contributed by atoms with Crippen LogP contribution in [0.5, 0.6) is 0 Å². The third-order valence-corrected chi connectivity index (χ3v) is 6.97. The molecule has 0 aromatic rings. The minimum absolute atomic E-state index is 0.906. The second-order valence-corrected chi connectivity index (χ2v) is 7.05. The summed E-state index contributed by atoms with van der Waals surface area (Å²) in [6, 6.07) is 0. The first-order chi connectivity index (χ1) is 7.38. The number of rotatable bonds is 0. The average Bonchev–Trinajstić information content (AvgIpc) is 2.93. The van der Waals surface area contributed by atoms with Crippen LogP contribution < -0.4 is 0 Å². The summed E-state index contributed by atoms with van der Waals surface area (Å²) in [7, 11) is 0. The average molecular weight is 200 g/mol. The fourth-order valence-electron chi connectivity index (χ4n) is 6.79. The van der Waals surface area contributed by atoms with Gasteiger partial charge >= 0.3 is 0 Å². The molecule has 0 heteroatoms. The Morgan fingerprint density at radius 2 is 2.20 bits per heavy atom. The molecule has 7 aliphatic rings. The maximum atomic E-state index is 2.61. The van der Waals surface area contributed by atoms with Crippen LogP contribution >= 0.6 is 0 Å². The first-order valence-corrected chi connectivity index (χ1v) is 7.06. The molecule has 0 heterocycles. The standard InChI is InChI=1S/C15H20/c1-3-10-7-9(1)2-4-12-13-11-5-6-15(12,8-11)14(10)13/h1,10-14H,2-8H2. The van der Waals surface area contributed by atoms with Gasteiger partial charge in [-0.2, -0.15) is 0 Å². The summed E-state index contributed by atoms with van der Waals surface area (Å²) in [4.78, 5) is 0. The number of hydrogen-bond donors (Lipinski definition) is 0. The van der Waals surface area contributed by atoms with Crippen LogP contribution in [0.25, 0.3) is 0 Å². The lowest BCUT2D eigenvalue weighted by Gasteiger charge is -2.61. The Hall–Kier alpha value is -0.260. The summed E-state index contributed by atoms with van der Waals surface area (Å²) in [5.41, 5.74) is 2.74. The van der Waals surface area contributed by atoms with Crippen LogP contribution in [0.2, 0.25) is 0 Å². The Balaban J connectivity index is 1.63. The quantitative estimate of drug-likeness (QED) is 0.522. The molecule has 6 fully saturated rings. The monoisotopic (exact) mass is 200 g/mol. The van der Waals surface area contributed by atoms with Gasteiger partial charge in [-0.05, 0) is 80.0 Å². The summed E-state index contributed by atoms with van der Waals surface area (Å²) in [5, 5.41) is 0. The largest absolute Gasteiger partial charge is 0.0850 e. The topological polar surface area (TPSA) is 0 Å². The minimum atomic E-state index is 0.906. The first kappa shape index (κ1) is 7.92. The van der Waals surface area contributed by atoms with Gasteiger partial charge in [0.1, 0.15) is 0 Å². The molecule has 1 spiro atoms. The predicted molar refractivity (Wildman–Crippen MR) is 60.3 cm³/mol. The van der Waals surface area contributed by atoms with Crippen molar-refractivity contribution in [1.82, 2.24) is 0 Å². The molecule has 0 amide bonds. The highest BCUT2D eigenvalue weighted by atomic mass is 14.8. The van der Waals surface area contributed by atoms with E-state index in [0.717, 1.165) is 11.3 Å². The number of allylic oxidation sites excluding steroid dienone is 2. The number of fused-ring (bicyclic) bond motifs is 1. The first-order valence-electron chi connectivity index (χ1n) is 7.06. The zero-order valence-electron chi connectivity index (χ0n) is 9.41. The fourth-order valence-corrected chi connectivity index (χ4v) is 6.79. The summed E-state index contributed by atoms with van der Waals surface area (Å²) in [6.07, 6.45) is 13.5. The Bertz CT molecular complexity index is 366. The maximum Gasteiger partial charge on any atom is -0.0229 e. The summed E-state index contributed by atoms with van der Waals surface area (Å²) < 4.78 is 0. The Kier molecular flexibility index (Phi) is 1.17. The van der Waals surface area contributed by atoms with Crippen molar-refractivity contribution in [2.45, 2.75) is 44.9 Å². The fraction of sp³-hybridized carbons (Fsp3) is 0.867. The van der Waals surface area contributed by atoms with Gasteiger partial charge in [0.2, 0.25) is 0 Å². The van der Waals surface area contributed by atoms with Gasteiger partial charge in [-0.3, -0.25) is 0 Å². The smallest absolute Gasteiger partial charge is 0.0229 e. The molecule has 6 saturated carbocycles. The van der Waals surface area contributed by atoms with Gasteiger partial charge < -0.3 is 0 Å². The van der Waals surface area contributed by atoms with Crippen LogP contribution in [0.1, 0.15) is 44.9 Å². The van der Waals surface area contributed by atoms with E-state index >= 15 is 0 Å². The van der Waals surface area contributed by atoms with Crippen LogP contribution in [0.3, 0.4) is 0 Å². The lowest BCUT2D eigenvalue weighted by molar-refractivity contribution is -0.131. The normalized spacial score (nSPS) is 63.5. The highest BCUT2D eigenvalue weighted by Gasteiger charge is 2.74. The van der Waals surface area contributed by atoms with Crippen molar-refractivity contribution in [3.63, 3.8) is 0 Å². The van der Waals surface area contributed by atoms with Crippen molar-refractivity contribution in [2.75, 3.05) is 0 Å². The van der Waals surface area contributed by atoms with Crippen LogP contribution in [-0.4, -0.2) is 0 Å². The van der Waals surface area contributed by atoms with Crippen molar-refractivity contribution in [3.05, 3.63) is 11.6 Å². The van der Waals surface area contributed by atoms with E-state index in [1.807, 2.05) is 5.57 Å². The molecule has 7 rings (SSSR count). The molecule has 0 saturated heterocycles. The maximum absolute atomic E-state index is 2.61. The molecule has 6 atom stereocenters. The van der Waals surface area contributed by atoms with Crippen molar-refractivity contribution >= 4 is 0 Å². The second-order valence-electron chi connectivity index (χ2n) is 7.05. The van der Waals surface area contributed by atoms with Crippen LogP contribution in [0.15, 0.2) is 11.6 Å². The van der Waals surface area contributed by atoms with Gasteiger partial charge in [-0.15, -0.1) is 0 Å². The van der Waals surface area contributed by atoms with Crippen LogP contribution in [0, 0.1) is 35.0 Å². The van der Waals surface area contributed by atoms with Gasteiger partial charge in [-0.1, -0.05) is 11.6 Å². The van der Waals surface area contributed by atoms with E-state index < -0.39 is 0 Å². The SMILES string of the molecule is C1=C2CCC3C4C5CCC3(C5)C4C(C1)C2. The molecule has 7 bridgehead atoms. The van der Waals surface area contributed by atoms with Gasteiger partial charge in [0.05, 0.1) is 0 Å². The predicted octanol–water partition coefficient (Wildman–Crippen LogP) is 3.78. The van der Waals surface area contributed by atoms with Crippen molar-refractivity contribution in [1.29, 1.82) is 0 Å². The van der Waals surface area contributed by atoms with E-state index in [4.69, 9.17) is 0 Å².